The van der Waals surface area contributed by atoms with E-state index >= 15 is 0 Å². The lowest BCUT2D eigenvalue weighted by atomic mass is 9.71. The van der Waals surface area contributed by atoms with E-state index in [0.717, 1.165) is 30.7 Å². The molecule has 1 N–H and O–H groups in total. The second-order valence-corrected chi connectivity index (χ2v) is 5.66. The Labute approximate surface area is 106 Å². The Morgan fingerprint density at radius 1 is 1.47 bits per heavy atom. The molecule has 90 valence electrons. The molecule has 0 bridgehead atoms. The maximum Gasteiger partial charge on any atom is 0.303 e. The lowest BCUT2D eigenvalue weighted by molar-refractivity contribution is -0.138. The predicted molar refractivity (Wildman–Crippen MR) is 66.4 cm³/mol. The molecule has 3 heteroatoms. The van der Waals surface area contributed by atoms with Crippen molar-refractivity contribution in [3.8, 4) is 0 Å². The first-order valence-electron chi connectivity index (χ1n) is 6.13. The van der Waals surface area contributed by atoms with E-state index in [1.54, 1.807) is 0 Å². The summed E-state index contributed by atoms with van der Waals surface area (Å²) in [5.74, 6) is -0.377. The molecule has 1 aromatic carbocycles. The van der Waals surface area contributed by atoms with Crippen LogP contribution < -0.4 is 0 Å². The monoisotopic (exact) mass is 250 g/mol. The largest absolute Gasteiger partial charge is 0.481 e. The number of carbonyl (C=O) groups is 1. The maximum absolute atomic E-state index is 10.9. The predicted octanol–water partition coefficient (Wildman–Crippen LogP) is 3.41. The fourth-order valence-electron chi connectivity index (χ4n) is 3.41. The lowest BCUT2D eigenvalue weighted by Gasteiger charge is -2.33. The highest BCUT2D eigenvalue weighted by atomic mass is 35.5. The summed E-state index contributed by atoms with van der Waals surface area (Å²) in [7, 11) is 0. The molecule has 0 aromatic heterocycles. The Morgan fingerprint density at radius 2 is 2.24 bits per heavy atom. The van der Waals surface area contributed by atoms with Crippen molar-refractivity contribution in [3.05, 3.63) is 34.3 Å². The van der Waals surface area contributed by atoms with Crippen LogP contribution in [0.15, 0.2) is 18.2 Å². The molecule has 2 aliphatic rings. The van der Waals surface area contributed by atoms with E-state index in [2.05, 4.69) is 6.07 Å². The van der Waals surface area contributed by atoms with E-state index in [9.17, 15) is 4.79 Å². The van der Waals surface area contributed by atoms with Gasteiger partial charge in [-0.3, -0.25) is 4.79 Å². The second kappa shape index (κ2) is 3.74. The summed E-state index contributed by atoms with van der Waals surface area (Å²) in [6.45, 7) is 0. The van der Waals surface area contributed by atoms with Gasteiger partial charge in [-0.2, -0.15) is 0 Å². The maximum atomic E-state index is 10.9. The third kappa shape index (κ3) is 1.66. The third-order valence-corrected chi connectivity index (χ3v) is 4.74. The molecule has 1 aromatic rings. The van der Waals surface area contributed by atoms with Gasteiger partial charge in [0, 0.05) is 11.4 Å². The van der Waals surface area contributed by atoms with Gasteiger partial charge in [-0.1, -0.05) is 23.7 Å². The number of halogens is 1. The average molecular weight is 251 g/mol. The fraction of sp³-hybridized carbons (Fsp3) is 0.500. The highest BCUT2D eigenvalue weighted by Gasteiger charge is 2.53. The molecular weight excluding hydrogens is 236 g/mol. The summed E-state index contributed by atoms with van der Waals surface area (Å²) in [6.07, 6.45) is 4.43. The third-order valence-electron chi connectivity index (χ3n) is 4.39. The van der Waals surface area contributed by atoms with Gasteiger partial charge in [0.1, 0.15) is 0 Å². The molecule has 0 aliphatic heterocycles. The normalized spacial score (nSPS) is 24.4. The summed E-state index contributed by atoms with van der Waals surface area (Å²) < 4.78 is 0. The number of benzene rings is 1. The van der Waals surface area contributed by atoms with Crippen LogP contribution in [-0.4, -0.2) is 11.1 Å². The molecule has 1 fully saturated rings. The van der Waals surface area contributed by atoms with Gasteiger partial charge in [-0.25, -0.2) is 0 Å². The van der Waals surface area contributed by atoms with Gasteiger partial charge in [0.2, 0.25) is 0 Å². The molecule has 0 saturated heterocycles. The quantitative estimate of drug-likeness (QED) is 0.873. The molecule has 2 aliphatic carbocycles. The van der Waals surface area contributed by atoms with Gasteiger partial charge in [0.15, 0.2) is 0 Å². The van der Waals surface area contributed by atoms with E-state index < -0.39 is 5.97 Å². The van der Waals surface area contributed by atoms with Crippen LogP contribution in [-0.2, 0) is 16.6 Å². The Bertz CT molecular complexity index is 477. The van der Waals surface area contributed by atoms with Crippen molar-refractivity contribution in [2.24, 2.45) is 5.92 Å². The van der Waals surface area contributed by atoms with Crippen LogP contribution in [0.1, 0.15) is 36.8 Å². The number of carboxylic acids is 1. The van der Waals surface area contributed by atoms with Crippen molar-refractivity contribution in [1.29, 1.82) is 0 Å². The number of hydrogen-bond acceptors (Lipinski definition) is 1. The van der Waals surface area contributed by atoms with Gasteiger partial charge in [0.25, 0.3) is 0 Å². The Kier molecular flexibility index (Phi) is 2.44. The SMILES string of the molecule is O=C(O)CC1CCc2c(Cl)cccc2C12CC2. The molecule has 1 spiro atoms. The minimum atomic E-state index is -0.674. The van der Waals surface area contributed by atoms with Gasteiger partial charge < -0.3 is 5.11 Å². The topological polar surface area (TPSA) is 37.3 Å². The van der Waals surface area contributed by atoms with Crippen LogP contribution in [0.4, 0.5) is 0 Å². The summed E-state index contributed by atoms with van der Waals surface area (Å²) in [6, 6.07) is 6.07. The average Bonchev–Trinajstić information content (AvgIpc) is 3.05. The first-order valence-corrected chi connectivity index (χ1v) is 6.51. The minimum Gasteiger partial charge on any atom is -0.481 e. The second-order valence-electron chi connectivity index (χ2n) is 5.26. The highest BCUT2D eigenvalue weighted by Crippen LogP contribution is 2.60. The van der Waals surface area contributed by atoms with E-state index in [1.165, 1.54) is 11.1 Å². The van der Waals surface area contributed by atoms with Crippen LogP contribution in [0, 0.1) is 5.92 Å². The van der Waals surface area contributed by atoms with E-state index in [1.807, 2.05) is 12.1 Å². The van der Waals surface area contributed by atoms with Crippen molar-refractivity contribution in [3.63, 3.8) is 0 Å². The first kappa shape index (κ1) is 11.1. The Balaban J connectivity index is 2.01. The summed E-state index contributed by atoms with van der Waals surface area (Å²) in [5.41, 5.74) is 2.72. The van der Waals surface area contributed by atoms with Gasteiger partial charge in [-0.15, -0.1) is 0 Å². The fourth-order valence-corrected chi connectivity index (χ4v) is 3.68. The molecule has 0 radical (unpaired) electrons. The van der Waals surface area contributed by atoms with E-state index in [4.69, 9.17) is 16.7 Å². The van der Waals surface area contributed by atoms with Crippen molar-refractivity contribution in [1.82, 2.24) is 0 Å². The molecule has 2 nitrogen and oxygen atoms in total. The zero-order valence-electron chi connectivity index (χ0n) is 9.58. The number of rotatable bonds is 2. The highest BCUT2D eigenvalue weighted by molar-refractivity contribution is 6.31. The van der Waals surface area contributed by atoms with Crippen molar-refractivity contribution in [2.45, 2.75) is 37.5 Å². The molecule has 0 heterocycles. The lowest BCUT2D eigenvalue weighted by Crippen LogP contribution is -2.29. The zero-order chi connectivity index (χ0) is 12.0. The molecule has 1 saturated carbocycles. The molecule has 1 unspecified atom stereocenters. The number of hydrogen-bond donors (Lipinski definition) is 1. The number of aliphatic carboxylic acids is 1. The van der Waals surface area contributed by atoms with Crippen LogP contribution in [0.2, 0.25) is 5.02 Å². The molecule has 1 atom stereocenters. The van der Waals surface area contributed by atoms with Crippen LogP contribution in [0.3, 0.4) is 0 Å². The number of fused-ring (bicyclic) bond motifs is 2. The van der Waals surface area contributed by atoms with Gasteiger partial charge >= 0.3 is 5.97 Å². The standard InChI is InChI=1S/C14H15ClO2/c15-12-3-1-2-11-10(12)5-4-9(8-13(16)17)14(11)6-7-14/h1-3,9H,4-8H2,(H,16,17). The first-order chi connectivity index (χ1) is 8.13. The van der Waals surface area contributed by atoms with Gasteiger partial charge in [-0.05, 0) is 54.2 Å². The van der Waals surface area contributed by atoms with Crippen molar-refractivity contribution in [2.75, 3.05) is 0 Å². The molecule has 17 heavy (non-hydrogen) atoms. The van der Waals surface area contributed by atoms with Crippen molar-refractivity contribution >= 4 is 17.6 Å². The molecular formula is C14H15ClO2. The minimum absolute atomic E-state index is 0.136. The molecule has 3 rings (SSSR count). The smallest absolute Gasteiger partial charge is 0.303 e. The van der Waals surface area contributed by atoms with E-state index in [0.29, 0.717) is 12.3 Å². The van der Waals surface area contributed by atoms with Crippen LogP contribution >= 0.6 is 11.6 Å². The molecule has 0 amide bonds. The van der Waals surface area contributed by atoms with Crippen LogP contribution in [0.5, 0.6) is 0 Å². The summed E-state index contributed by atoms with van der Waals surface area (Å²) >= 11 is 6.23. The van der Waals surface area contributed by atoms with Gasteiger partial charge in [0.05, 0.1) is 0 Å². The van der Waals surface area contributed by atoms with Crippen LogP contribution in [0.25, 0.3) is 0 Å². The Hall–Kier alpha value is -1.02. The summed E-state index contributed by atoms with van der Waals surface area (Å²) in [4.78, 5) is 10.9. The van der Waals surface area contributed by atoms with Crippen molar-refractivity contribution < 1.29 is 9.90 Å². The summed E-state index contributed by atoms with van der Waals surface area (Å²) in [5, 5.41) is 9.85. The Morgan fingerprint density at radius 3 is 2.88 bits per heavy atom. The number of carboxylic acid groups (broad SMARTS) is 1. The zero-order valence-corrected chi connectivity index (χ0v) is 10.3. The van der Waals surface area contributed by atoms with E-state index in [-0.39, 0.29) is 5.41 Å².